The van der Waals surface area contributed by atoms with Crippen LogP contribution in [0.4, 0.5) is 4.39 Å². The molecule has 31 heavy (non-hydrogen) atoms. The van der Waals surface area contributed by atoms with Gasteiger partial charge < -0.3 is 4.74 Å². The van der Waals surface area contributed by atoms with E-state index in [0.29, 0.717) is 18.6 Å². The lowest BCUT2D eigenvalue weighted by Gasteiger charge is -2.16. The molecule has 0 radical (unpaired) electrons. The number of hydrogen-bond donors (Lipinski definition) is 0. The van der Waals surface area contributed by atoms with Crippen LogP contribution in [0, 0.1) is 12.7 Å². The molecule has 1 aliphatic heterocycles. The third kappa shape index (κ3) is 3.77. The minimum atomic E-state index is -3.89. The highest BCUT2D eigenvalue weighted by atomic mass is 32.2. The lowest BCUT2D eigenvalue weighted by atomic mass is 9.95. The van der Waals surface area contributed by atoms with Crippen LogP contribution in [-0.2, 0) is 25.5 Å². The van der Waals surface area contributed by atoms with Gasteiger partial charge in [-0.3, -0.25) is 4.18 Å². The summed E-state index contributed by atoms with van der Waals surface area (Å²) in [6.45, 7) is 1.77. The Bertz CT molecular complexity index is 1290. The molecule has 4 nitrogen and oxygen atoms in total. The molecular formula is C25H21FO4S. The zero-order valence-electron chi connectivity index (χ0n) is 17.0. The molecule has 3 aromatic rings. The molecule has 0 aromatic heterocycles. The highest BCUT2D eigenvalue weighted by molar-refractivity contribution is 7.86. The van der Waals surface area contributed by atoms with Gasteiger partial charge in [0.15, 0.2) is 0 Å². The second-order valence-electron chi connectivity index (χ2n) is 7.94. The number of rotatable bonds is 4. The van der Waals surface area contributed by atoms with Crippen molar-refractivity contribution in [3.63, 3.8) is 0 Å². The van der Waals surface area contributed by atoms with Crippen LogP contribution < -0.4 is 0 Å². The van der Waals surface area contributed by atoms with Crippen molar-refractivity contribution in [1.29, 1.82) is 0 Å². The van der Waals surface area contributed by atoms with Crippen LogP contribution in [0.3, 0.4) is 0 Å². The molecule has 2 aliphatic rings. The first kappa shape index (κ1) is 20.0. The third-order valence-electron chi connectivity index (χ3n) is 5.75. The predicted octanol–water partition coefficient (Wildman–Crippen LogP) is 5.10. The molecule has 3 aromatic carbocycles. The third-order valence-corrected chi connectivity index (χ3v) is 7.04. The van der Waals surface area contributed by atoms with E-state index < -0.39 is 16.2 Å². The minimum Gasteiger partial charge on any atom is -0.487 e. The van der Waals surface area contributed by atoms with Crippen LogP contribution in [0.25, 0.3) is 11.3 Å². The maximum absolute atomic E-state index is 14.0. The Morgan fingerprint density at radius 1 is 1.00 bits per heavy atom. The lowest BCUT2D eigenvalue weighted by Crippen LogP contribution is -2.19. The second-order valence-corrected chi connectivity index (χ2v) is 9.55. The van der Waals surface area contributed by atoms with E-state index in [-0.39, 0.29) is 17.3 Å². The van der Waals surface area contributed by atoms with Crippen LogP contribution in [-0.4, -0.2) is 21.1 Å². The average molecular weight is 437 g/mol. The molecule has 0 unspecified atom stereocenters. The fourth-order valence-electron chi connectivity index (χ4n) is 4.18. The summed E-state index contributed by atoms with van der Waals surface area (Å²) in [5, 5.41) is 0. The van der Waals surface area contributed by atoms with Crippen molar-refractivity contribution in [2.75, 3.05) is 6.61 Å². The van der Waals surface area contributed by atoms with Crippen LogP contribution in [0.15, 0.2) is 71.6 Å². The number of hydrogen-bond acceptors (Lipinski definition) is 4. The number of fused-ring (bicyclic) bond motifs is 4. The topological polar surface area (TPSA) is 52.6 Å². The quantitative estimate of drug-likeness (QED) is 0.534. The van der Waals surface area contributed by atoms with Gasteiger partial charge in [0.1, 0.15) is 24.3 Å². The van der Waals surface area contributed by atoms with Gasteiger partial charge in [0.05, 0.1) is 4.90 Å². The molecule has 0 spiro atoms. The second kappa shape index (κ2) is 7.62. The molecule has 1 aliphatic carbocycles. The van der Waals surface area contributed by atoms with E-state index in [1.54, 1.807) is 18.2 Å². The van der Waals surface area contributed by atoms with Gasteiger partial charge >= 0.3 is 0 Å². The minimum absolute atomic E-state index is 0.114. The summed E-state index contributed by atoms with van der Waals surface area (Å²) >= 11 is 0. The van der Waals surface area contributed by atoms with Crippen LogP contribution in [0.1, 0.15) is 34.2 Å². The van der Waals surface area contributed by atoms with E-state index in [1.807, 2.05) is 25.1 Å². The molecule has 0 saturated heterocycles. The monoisotopic (exact) mass is 436 g/mol. The van der Waals surface area contributed by atoms with Gasteiger partial charge in [0.2, 0.25) is 0 Å². The Hall–Kier alpha value is -2.96. The highest BCUT2D eigenvalue weighted by Crippen LogP contribution is 2.44. The van der Waals surface area contributed by atoms with Gasteiger partial charge in [-0.05, 0) is 54.3 Å². The maximum atomic E-state index is 14.0. The molecule has 0 amide bonds. The first-order chi connectivity index (χ1) is 14.9. The molecule has 0 saturated carbocycles. The SMILES string of the molecule is Cc1ccc(S(=O)(=O)OC[C@H]2CC3=C(O2)c2cc(F)ccc2Cc2ccccc23)cc1. The Morgan fingerprint density at radius 2 is 1.74 bits per heavy atom. The summed E-state index contributed by atoms with van der Waals surface area (Å²) in [5.41, 5.74) is 5.82. The van der Waals surface area contributed by atoms with E-state index in [1.165, 1.54) is 24.3 Å². The first-order valence-corrected chi connectivity index (χ1v) is 11.5. The van der Waals surface area contributed by atoms with Crippen LogP contribution >= 0.6 is 0 Å². The summed E-state index contributed by atoms with van der Waals surface area (Å²) in [6.07, 6.45) is 0.698. The van der Waals surface area contributed by atoms with Gasteiger partial charge in [0.25, 0.3) is 10.1 Å². The number of benzene rings is 3. The first-order valence-electron chi connectivity index (χ1n) is 10.1. The van der Waals surface area contributed by atoms with E-state index in [4.69, 9.17) is 8.92 Å². The van der Waals surface area contributed by atoms with E-state index in [2.05, 4.69) is 6.07 Å². The van der Waals surface area contributed by atoms with Crippen LogP contribution in [0.5, 0.6) is 0 Å². The molecule has 0 bridgehead atoms. The van der Waals surface area contributed by atoms with Gasteiger partial charge in [-0.25, -0.2) is 4.39 Å². The van der Waals surface area contributed by atoms with Crippen molar-refractivity contribution in [2.45, 2.75) is 30.8 Å². The smallest absolute Gasteiger partial charge is 0.297 e. The standard InChI is InChI=1S/C25H21FO4S/c1-16-6-10-21(11-7-16)31(27,28)29-15-20-14-24-22-5-3-2-4-17(22)12-18-8-9-19(26)13-23(18)25(24)30-20/h2-11,13,20H,12,14-15H2,1H3/t20-/m1/s1. The van der Waals surface area contributed by atoms with Gasteiger partial charge in [-0.2, -0.15) is 8.42 Å². The fourth-order valence-corrected chi connectivity index (χ4v) is 5.11. The molecule has 0 fully saturated rings. The summed E-state index contributed by atoms with van der Waals surface area (Å²) < 4.78 is 50.7. The molecule has 5 rings (SSSR count). The Labute approximate surface area is 181 Å². The Morgan fingerprint density at radius 3 is 2.55 bits per heavy atom. The van der Waals surface area contributed by atoms with Gasteiger partial charge in [0, 0.05) is 17.6 Å². The van der Waals surface area contributed by atoms with Crippen molar-refractivity contribution in [3.8, 4) is 0 Å². The van der Waals surface area contributed by atoms with E-state index in [9.17, 15) is 12.8 Å². The molecule has 158 valence electrons. The summed E-state index contributed by atoms with van der Waals surface area (Å²) in [7, 11) is -3.89. The molecule has 6 heteroatoms. The number of aryl methyl sites for hydroxylation is 1. The van der Waals surface area contributed by atoms with E-state index >= 15 is 0 Å². The average Bonchev–Trinajstić information content (AvgIpc) is 3.13. The summed E-state index contributed by atoms with van der Waals surface area (Å²) in [5.74, 6) is 0.280. The van der Waals surface area contributed by atoms with Crippen molar-refractivity contribution in [1.82, 2.24) is 0 Å². The normalized spacial score (nSPS) is 17.4. The lowest BCUT2D eigenvalue weighted by molar-refractivity contribution is 0.125. The van der Waals surface area contributed by atoms with Crippen molar-refractivity contribution >= 4 is 21.5 Å². The number of ether oxygens (including phenoxy) is 1. The fraction of sp³-hybridized carbons (Fsp3) is 0.200. The number of halogens is 1. The Balaban J connectivity index is 1.43. The summed E-state index contributed by atoms with van der Waals surface area (Å²) in [6, 6.07) is 19.3. The zero-order chi connectivity index (χ0) is 21.6. The predicted molar refractivity (Wildman–Crippen MR) is 116 cm³/mol. The highest BCUT2D eigenvalue weighted by Gasteiger charge is 2.33. The maximum Gasteiger partial charge on any atom is 0.297 e. The molecule has 1 atom stereocenters. The van der Waals surface area contributed by atoms with Gasteiger partial charge in [-0.15, -0.1) is 0 Å². The van der Waals surface area contributed by atoms with Crippen molar-refractivity contribution in [3.05, 3.63) is 100 Å². The molecule has 0 N–H and O–H groups in total. The van der Waals surface area contributed by atoms with Crippen molar-refractivity contribution in [2.24, 2.45) is 0 Å². The van der Waals surface area contributed by atoms with Crippen molar-refractivity contribution < 1.29 is 21.7 Å². The molecular weight excluding hydrogens is 415 g/mol. The summed E-state index contributed by atoms with van der Waals surface area (Å²) in [4.78, 5) is 0.114. The molecule has 1 heterocycles. The zero-order valence-corrected chi connectivity index (χ0v) is 17.8. The Kier molecular flexibility index (Phi) is 4.91. The van der Waals surface area contributed by atoms with Crippen LogP contribution in [0.2, 0.25) is 0 Å². The van der Waals surface area contributed by atoms with E-state index in [0.717, 1.165) is 33.4 Å². The largest absolute Gasteiger partial charge is 0.487 e. The van der Waals surface area contributed by atoms with Gasteiger partial charge in [-0.1, -0.05) is 48.0 Å².